The molecule has 2 aliphatic rings. The van der Waals surface area contributed by atoms with Crippen molar-refractivity contribution in [2.45, 2.75) is 42.1 Å². The van der Waals surface area contributed by atoms with Crippen molar-refractivity contribution in [2.75, 3.05) is 30.4 Å². The highest BCUT2D eigenvalue weighted by Gasteiger charge is 2.26. The number of likely N-dealkylation sites (N-methyl/N-ethyl adjacent to an activating group) is 1. The average molecular weight is 442 g/mol. The maximum Gasteiger partial charge on any atom is 0.252 e. The topological polar surface area (TPSA) is 61.4 Å². The monoisotopic (exact) mass is 441 g/mol. The lowest BCUT2D eigenvalue weighted by Gasteiger charge is -2.36. The van der Waals surface area contributed by atoms with Crippen LogP contribution < -0.4 is 10.6 Å². The van der Waals surface area contributed by atoms with Crippen molar-refractivity contribution in [3.05, 3.63) is 53.1 Å². The third-order valence-corrected chi connectivity index (χ3v) is 7.60. The number of amides is 2. The number of rotatable bonds is 5. The van der Waals surface area contributed by atoms with Crippen molar-refractivity contribution in [3.63, 3.8) is 0 Å². The van der Waals surface area contributed by atoms with E-state index in [1.165, 1.54) is 11.1 Å². The molecule has 2 aromatic rings. The van der Waals surface area contributed by atoms with Gasteiger partial charge in [-0.25, -0.2) is 0 Å². The Morgan fingerprint density at radius 1 is 1.30 bits per heavy atom. The van der Waals surface area contributed by atoms with Crippen molar-refractivity contribution in [2.24, 2.45) is 0 Å². The van der Waals surface area contributed by atoms with Gasteiger partial charge in [-0.3, -0.25) is 14.5 Å². The molecule has 30 heavy (non-hydrogen) atoms. The second-order valence-corrected chi connectivity index (χ2v) is 9.58. The molecule has 2 amide bonds. The molecule has 0 fully saturated rings. The van der Waals surface area contributed by atoms with E-state index in [0.29, 0.717) is 24.3 Å². The summed E-state index contributed by atoms with van der Waals surface area (Å²) in [6.07, 6.45) is 3.38. The standard InChI is InChI=1S/C23H27N3O2S2/c1-3-26-14-16-7-5-4-6-15(16)10-17(26)13-24-23(28)19-11-18(29-2)12-20-22(19)30-9-8-21(27)25-20/h4-7,11-12,17H,3,8-10,13-14H2,1-2H3,(H,24,28)(H,25,27)/t17-/m0/s1. The highest BCUT2D eigenvalue weighted by atomic mass is 32.2. The fraction of sp³-hybridized carbons (Fsp3) is 0.391. The first-order chi connectivity index (χ1) is 14.6. The molecule has 2 heterocycles. The minimum absolute atomic E-state index is 0.00493. The van der Waals surface area contributed by atoms with Crippen LogP contribution in [0.5, 0.6) is 0 Å². The quantitative estimate of drug-likeness (QED) is 0.687. The number of fused-ring (bicyclic) bond motifs is 2. The molecule has 2 aliphatic heterocycles. The number of nitrogens with one attached hydrogen (secondary N) is 2. The Morgan fingerprint density at radius 3 is 2.87 bits per heavy atom. The van der Waals surface area contributed by atoms with Crippen molar-refractivity contribution in [1.29, 1.82) is 0 Å². The van der Waals surface area contributed by atoms with Crippen LogP contribution in [0.4, 0.5) is 5.69 Å². The Labute approximate surface area is 186 Å². The van der Waals surface area contributed by atoms with E-state index in [4.69, 9.17) is 0 Å². The third-order valence-electron chi connectivity index (χ3n) is 5.76. The van der Waals surface area contributed by atoms with Gasteiger partial charge >= 0.3 is 0 Å². The van der Waals surface area contributed by atoms with E-state index in [-0.39, 0.29) is 17.9 Å². The molecule has 1 atom stereocenters. The molecule has 0 unspecified atom stereocenters. The number of thioether (sulfide) groups is 2. The Balaban J connectivity index is 1.53. The van der Waals surface area contributed by atoms with Crippen molar-refractivity contribution in [1.82, 2.24) is 10.2 Å². The van der Waals surface area contributed by atoms with Gasteiger partial charge in [-0.05, 0) is 42.5 Å². The summed E-state index contributed by atoms with van der Waals surface area (Å²) in [7, 11) is 0. The van der Waals surface area contributed by atoms with Gasteiger partial charge in [-0.15, -0.1) is 23.5 Å². The minimum atomic E-state index is -0.0688. The highest BCUT2D eigenvalue weighted by molar-refractivity contribution is 7.99. The lowest BCUT2D eigenvalue weighted by Crippen LogP contribution is -2.47. The second-order valence-electron chi connectivity index (χ2n) is 7.60. The van der Waals surface area contributed by atoms with Crippen LogP contribution in [0, 0.1) is 0 Å². The molecule has 0 bridgehead atoms. The molecule has 0 aliphatic carbocycles. The number of carbonyl (C=O) groups is 2. The lowest BCUT2D eigenvalue weighted by atomic mass is 9.94. The number of carbonyl (C=O) groups excluding carboxylic acids is 2. The Kier molecular flexibility index (Phi) is 6.71. The molecule has 2 aromatic carbocycles. The molecule has 2 N–H and O–H groups in total. The van der Waals surface area contributed by atoms with Crippen molar-refractivity contribution in [3.8, 4) is 0 Å². The summed E-state index contributed by atoms with van der Waals surface area (Å²) < 4.78 is 0. The van der Waals surface area contributed by atoms with Gasteiger partial charge < -0.3 is 10.6 Å². The fourth-order valence-electron chi connectivity index (χ4n) is 4.11. The van der Waals surface area contributed by atoms with E-state index in [1.807, 2.05) is 18.4 Å². The van der Waals surface area contributed by atoms with Gasteiger partial charge in [0.25, 0.3) is 5.91 Å². The van der Waals surface area contributed by atoms with Gasteiger partial charge in [-0.1, -0.05) is 31.2 Å². The van der Waals surface area contributed by atoms with Crippen LogP contribution in [0.25, 0.3) is 0 Å². The Hall–Kier alpha value is -1.96. The van der Waals surface area contributed by atoms with Crippen LogP contribution in [-0.4, -0.2) is 47.9 Å². The first-order valence-electron chi connectivity index (χ1n) is 10.3. The van der Waals surface area contributed by atoms with Crippen LogP contribution in [0.3, 0.4) is 0 Å². The fourth-order valence-corrected chi connectivity index (χ4v) is 5.65. The highest BCUT2D eigenvalue weighted by Crippen LogP contribution is 2.37. The van der Waals surface area contributed by atoms with Crippen LogP contribution in [0.15, 0.2) is 46.2 Å². The predicted molar refractivity (Wildman–Crippen MR) is 125 cm³/mol. The summed E-state index contributed by atoms with van der Waals surface area (Å²) in [4.78, 5) is 29.5. The van der Waals surface area contributed by atoms with Gasteiger partial charge in [0, 0.05) is 41.1 Å². The number of nitrogens with zero attached hydrogens (tertiary/aromatic N) is 1. The van der Waals surface area contributed by atoms with Crippen molar-refractivity contribution < 1.29 is 9.59 Å². The van der Waals surface area contributed by atoms with E-state index in [1.54, 1.807) is 23.5 Å². The van der Waals surface area contributed by atoms with Crippen LogP contribution >= 0.6 is 23.5 Å². The van der Waals surface area contributed by atoms with Crippen LogP contribution in [0.1, 0.15) is 34.8 Å². The first kappa shape index (κ1) is 21.3. The maximum atomic E-state index is 13.2. The normalized spacial score (nSPS) is 18.7. The van der Waals surface area contributed by atoms with Gasteiger partial charge in [0.15, 0.2) is 0 Å². The Bertz CT molecular complexity index is 963. The number of hydrogen-bond donors (Lipinski definition) is 2. The molecule has 0 saturated carbocycles. The molecule has 0 saturated heterocycles. The van der Waals surface area contributed by atoms with E-state index in [2.05, 4.69) is 46.7 Å². The smallest absolute Gasteiger partial charge is 0.252 e. The zero-order valence-corrected chi connectivity index (χ0v) is 19.0. The number of benzene rings is 2. The van der Waals surface area contributed by atoms with Gasteiger partial charge in [-0.2, -0.15) is 0 Å². The molecule has 0 aromatic heterocycles. The number of hydrogen-bond acceptors (Lipinski definition) is 5. The third kappa shape index (κ3) is 4.53. The lowest BCUT2D eigenvalue weighted by molar-refractivity contribution is -0.115. The van der Waals surface area contributed by atoms with E-state index < -0.39 is 0 Å². The summed E-state index contributed by atoms with van der Waals surface area (Å²) in [6, 6.07) is 12.8. The summed E-state index contributed by atoms with van der Waals surface area (Å²) >= 11 is 3.16. The zero-order chi connectivity index (χ0) is 21.1. The molecule has 5 nitrogen and oxygen atoms in total. The Morgan fingerprint density at radius 2 is 2.10 bits per heavy atom. The van der Waals surface area contributed by atoms with Gasteiger partial charge in [0.05, 0.1) is 11.3 Å². The van der Waals surface area contributed by atoms with Crippen molar-refractivity contribution >= 4 is 41.0 Å². The molecular formula is C23H27N3O2S2. The maximum absolute atomic E-state index is 13.2. The van der Waals surface area contributed by atoms with Crippen LogP contribution in [-0.2, 0) is 17.8 Å². The van der Waals surface area contributed by atoms with E-state index in [0.717, 1.165) is 35.0 Å². The molecule has 7 heteroatoms. The number of anilines is 1. The summed E-state index contributed by atoms with van der Waals surface area (Å²) in [5.41, 5.74) is 4.16. The molecular weight excluding hydrogens is 414 g/mol. The second kappa shape index (κ2) is 9.45. The molecule has 4 rings (SSSR count). The van der Waals surface area contributed by atoms with E-state index in [9.17, 15) is 9.59 Å². The van der Waals surface area contributed by atoms with Crippen LogP contribution in [0.2, 0.25) is 0 Å². The van der Waals surface area contributed by atoms with E-state index >= 15 is 0 Å². The zero-order valence-electron chi connectivity index (χ0n) is 17.4. The summed E-state index contributed by atoms with van der Waals surface area (Å²) in [5.74, 6) is 0.617. The molecule has 0 radical (unpaired) electrons. The largest absolute Gasteiger partial charge is 0.350 e. The molecule has 0 spiro atoms. The summed E-state index contributed by atoms with van der Waals surface area (Å²) in [6.45, 7) is 4.65. The first-order valence-corrected chi connectivity index (χ1v) is 12.5. The molecule has 158 valence electrons. The average Bonchev–Trinajstić information content (AvgIpc) is 2.96. The SMILES string of the molecule is CCN1Cc2ccccc2C[C@H]1CNC(=O)c1cc(SC)cc2c1SCCC(=O)N2. The van der Waals surface area contributed by atoms with Gasteiger partial charge in [0.1, 0.15) is 0 Å². The van der Waals surface area contributed by atoms with Gasteiger partial charge in [0.2, 0.25) is 5.91 Å². The predicted octanol–water partition coefficient (Wildman–Crippen LogP) is 4.02. The minimum Gasteiger partial charge on any atom is -0.350 e. The summed E-state index contributed by atoms with van der Waals surface area (Å²) in [5, 5.41) is 6.14.